The SMILES string of the molecule is O=Cc1cccc(C#CC(=O)O)c1O. The summed E-state index contributed by atoms with van der Waals surface area (Å²) in [6.45, 7) is 0. The molecule has 14 heavy (non-hydrogen) atoms. The van der Waals surface area contributed by atoms with E-state index < -0.39 is 5.97 Å². The number of carboxylic acids is 1. The summed E-state index contributed by atoms with van der Waals surface area (Å²) in [7, 11) is 0. The fourth-order valence-electron chi connectivity index (χ4n) is 0.878. The zero-order valence-corrected chi connectivity index (χ0v) is 7.02. The molecule has 0 unspecified atom stereocenters. The van der Waals surface area contributed by atoms with E-state index >= 15 is 0 Å². The molecule has 4 heteroatoms. The van der Waals surface area contributed by atoms with Crippen molar-refractivity contribution in [3.63, 3.8) is 0 Å². The lowest BCUT2D eigenvalue weighted by molar-refractivity contribution is -0.130. The van der Waals surface area contributed by atoms with Crippen molar-refractivity contribution < 1.29 is 19.8 Å². The number of phenolic OH excluding ortho intramolecular Hbond substituents is 1. The van der Waals surface area contributed by atoms with Gasteiger partial charge in [0, 0.05) is 5.92 Å². The van der Waals surface area contributed by atoms with Crippen molar-refractivity contribution in [1.29, 1.82) is 0 Å². The number of benzene rings is 1. The second kappa shape index (κ2) is 4.10. The molecule has 0 aromatic heterocycles. The van der Waals surface area contributed by atoms with Crippen LogP contribution in [0, 0.1) is 11.8 Å². The molecule has 0 saturated heterocycles. The lowest BCUT2D eigenvalue weighted by Crippen LogP contribution is -1.89. The maximum Gasteiger partial charge on any atom is 0.382 e. The molecule has 0 aliphatic heterocycles. The van der Waals surface area contributed by atoms with Gasteiger partial charge in [0.25, 0.3) is 0 Å². The first-order chi connectivity index (χ1) is 6.65. The highest BCUT2D eigenvalue weighted by Gasteiger charge is 2.03. The van der Waals surface area contributed by atoms with Gasteiger partial charge in [0.15, 0.2) is 6.29 Å². The number of carbonyl (C=O) groups is 2. The monoisotopic (exact) mass is 190 g/mol. The van der Waals surface area contributed by atoms with Crippen LogP contribution >= 0.6 is 0 Å². The minimum Gasteiger partial charge on any atom is -0.506 e. The van der Waals surface area contributed by atoms with Gasteiger partial charge in [0.2, 0.25) is 0 Å². The summed E-state index contributed by atoms with van der Waals surface area (Å²) in [6.07, 6.45) is 0.473. The second-order valence-corrected chi connectivity index (χ2v) is 2.42. The number of aldehydes is 1. The Morgan fingerprint density at radius 2 is 2.14 bits per heavy atom. The largest absolute Gasteiger partial charge is 0.506 e. The molecule has 0 aliphatic rings. The summed E-state index contributed by atoms with van der Waals surface area (Å²) in [5.74, 6) is 2.49. The topological polar surface area (TPSA) is 74.6 Å². The zero-order valence-electron chi connectivity index (χ0n) is 7.02. The van der Waals surface area contributed by atoms with E-state index in [1.54, 1.807) is 0 Å². The third-order valence-corrected chi connectivity index (χ3v) is 1.50. The standard InChI is InChI=1S/C10H6O4/c11-6-8-3-1-2-7(10(8)14)4-5-9(12)13/h1-3,6,14H,(H,12,13). The lowest BCUT2D eigenvalue weighted by Gasteiger charge is -1.98. The van der Waals surface area contributed by atoms with Crippen molar-refractivity contribution in [2.24, 2.45) is 0 Å². The molecule has 0 atom stereocenters. The van der Waals surface area contributed by atoms with Gasteiger partial charge in [-0.05, 0) is 12.1 Å². The summed E-state index contributed by atoms with van der Waals surface area (Å²) in [4.78, 5) is 20.5. The maximum atomic E-state index is 10.4. The van der Waals surface area contributed by atoms with Crippen LogP contribution in [-0.2, 0) is 4.79 Å². The van der Waals surface area contributed by atoms with Crippen LogP contribution in [0.25, 0.3) is 0 Å². The number of phenols is 1. The van der Waals surface area contributed by atoms with Gasteiger partial charge >= 0.3 is 5.97 Å². The van der Waals surface area contributed by atoms with Gasteiger partial charge in [0.05, 0.1) is 11.1 Å². The lowest BCUT2D eigenvalue weighted by atomic mass is 10.1. The molecular formula is C10H6O4. The molecule has 1 aromatic carbocycles. The number of aromatic hydroxyl groups is 1. The molecule has 1 rings (SSSR count). The van der Waals surface area contributed by atoms with Gasteiger partial charge in [0.1, 0.15) is 5.75 Å². The van der Waals surface area contributed by atoms with Crippen LogP contribution in [0.4, 0.5) is 0 Å². The molecule has 70 valence electrons. The van der Waals surface area contributed by atoms with E-state index in [0.717, 1.165) is 0 Å². The van der Waals surface area contributed by atoms with Crippen molar-refractivity contribution in [1.82, 2.24) is 0 Å². The number of aliphatic carboxylic acids is 1. The predicted octanol–water partition coefficient (Wildman–Crippen LogP) is 0.641. The summed E-state index contributed by atoms with van der Waals surface area (Å²) in [6, 6.07) is 4.35. The van der Waals surface area contributed by atoms with E-state index in [4.69, 9.17) is 5.11 Å². The molecule has 0 aliphatic carbocycles. The minimum absolute atomic E-state index is 0.0854. The quantitative estimate of drug-likeness (QED) is 0.503. The Balaban J connectivity index is 3.18. The van der Waals surface area contributed by atoms with E-state index in [2.05, 4.69) is 5.92 Å². The van der Waals surface area contributed by atoms with Gasteiger partial charge in [-0.15, -0.1) is 0 Å². The van der Waals surface area contributed by atoms with Crippen LogP contribution < -0.4 is 0 Å². The number of rotatable bonds is 1. The van der Waals surface area contributed by atoms with Crippen LogP contribution in [-0.4, -0.2) is 22.5 Å². The summed E-state index contributed by atoms with van der Waals surface area (Å²) >= 11 is 0. The third-order valence-electron chi connectivity index (χ3n) is 1.50. The fraction of sp³-hybridized carbons (Fsp3) is 0. The van der Waals surface area contributed by atoms with Gasteiger partial charge in [-0.2, -0.15) is 0 Å². The summed E-state index contributed by atoms with van der Waals surface area (Å²) < 4.78 is 0. The first-order valence-electron chi connectivity index (χ1n) is 3.67. The van der Waals surface area contributed by atoms with Gasteiger partial charge in [-0.3, -0.25) is 4.79 Å². The van der Waals surface area contributed by atoms with E-state index in [1.165, 1.54) is 18.2 Å². The Morgan fingerprint density at radius 1 is 1.43 bits per heavy atom. The predicted molar refractivity (Wildman–Crippen MR) is 48.0 cm³/mol. The van der Waals surface area contributed by atoms with Crippen molar-refractivity contribution in [2.45, 2.75) is 0 Å². The highest BCUT2D eigenvalue weighted by atomic mass is 16.4. The molecule has 1 aromatic rings. The molecule has 2 N–H and O–H groups in total. The zero-order chi connectivity index (χ0) is 10.6. The molecular weight excluding hydrogens is 184 g/mol. The molecule has 0 saturated carbocycles. The maximum absolute atomic E-state index is 10.4. The second-order valence-electron chi connectivity index (χ2n) is 2.42. The molecule has 0 radical (unpaired) electrons. The van der Waals surface area contributed by atoms with Crippen molar-refractivity contribution in [2.75, 3.05) is 0 Å². The van der Waals surface area contributed by atoms with E-state index in [1.807, 2.05) is 5.92 Å². The Kier molecular flexibility index (Phi) is 2.87. The smallest absolute Gasteiger partial charge is 0.382 e. The molecule has 0 amide bonds. The number of para-hydroxylation sites is 1. The summed E-state index contributed by atoms with van der Waals surface area (Å²) in [5, 5.41) is 17.6. The van der Waals surface area contributed by atoms with Crippen LogP contribution in [0.2, 0.25) is 0 Å². The molecule has 0 heterocycles. The molecule has 4 nitrogen and oxygen atoms in total. The highest BCUT2D eigenvalue weighted by Crippen LogP contribution is 2.19. The fourth-order valence-corrected chi connectivity index (χ4v) is 0.878. The Labute approximate surface area is 79.8 Å². The first-order valence-corrected chi connectivity index (χ1v) is 3.67. The number of hydrogen-bond donors (Lipinski definition) is 2. The number of hydrogen-bond acceptors (Lipinski definition) is 3. The Morgan fingerprint density at radius 3 is 2.71 bits per heavy atom. The Hall–Kier alpha value is -2.28. The van der Waals surface area contributed by atoms with Crippen molar-refractivity contribution in [3.05, 3.63) is 29.3 Å². The average Bonchev–Trinajstić information content (AvgIpc) is 2.16. The van der Waals surface area contributed by atoms with Crippen LogP contribution in [0.3, 0.4) is 0 Å². The van der Waals surface area contributed by atoms with Gasteiger partial charge in [-0.1, -0.05) is 12.0 Å². The summed E-state index contributed by atoms with van der Waals surface area (Å²) in [5.41, 5.74) is 0.208. The van der Waals surface area contributed by atoms with Crippen LogP contribution in [0.15, 0.2) is 18.2 Å². The van der Waals surface area contributed by atoms with Crippen molar-refractivity contribution in [3.8, 4) is 17.6 Å². The number of carbonyl (C=O) groups excluding carboxylic acids is 1. The average molecular weight is 190 g/mol. The third kappa shape index (κ3) is 2.11. The van der Waals surface area contributed by atoms with Crippen molar-refractivity contribution >= 4 is 12.3 Å². The molecule has 0 bridgehead atoms. The van der Waals surface area contributed by atoms with E-state index in [0.29, 0.717) is 6.29 Å². The molecule has 0 fully saturated rings. The molecule has 0 spiro atoms. The number of carboxylic acid groups (broad SMARTS) is 1. The van der Waals surface area contributed by atoms with Gasteiger partial charge < -0.3 is 10.2 Å². The minimum atomic E-state index is -1.29. The van der Waals surface area contributed by atoms with Crippen LogP contribution in [0.1, 0.15) is 15.9 Å². The van der Waals surface area contributed by atoms with Crippen LogP contribution in [0.5, 0.6) is 5.75 Å². The Bertz CT molecular complexity index is 437. The highest BCUT2D eigenvalue weighted by molar-refractivity contribution is 5.88. The van der Waals surface area contributed by atoms with Gasteiger partial charge in [-0.25, -0.2) is 4.79 Å². The van der Waals surface area contributed by atoms with E-state index in [-0.39, 0.29) is 16.9 Å². The normalized spacial score (nSPS) is 8.57. The first kappa shape index (κ1) is 9.81. The van der Waals surface area contributed by atoms with E-state index in [9.17, 15) is 14.7 Å².